The molecule has 1 aromatic rings. The first-order valence-corrected chi connectivity index (χ1v) is 6.79. The number of nitrogens with two attached hydrogens (primary N) is 1. The van der Waals surface area contributed by atoms with E-state index in [9.17, 15) is 4.79 Å². The highest BCUT2D eigenvalue weighted by Gasteiger charge is 2.32. The summed E-state index contributed by atoms with van der Waals surface area (Å²) in [6.45, 7) is 1.88. The van der Waals surface area contributed by atoms with Crippen molar-refractivity contribution >= 4 is 29.1 Å². The Balaban J connectivity index is 2.32. The Morgan fingerprint density at radius 2 is 2.16 bits per heavy atom. The van der Waals surface area contributed by atoms with Crippen molar-refractivity contribution in [2.45, 2.75) is 6.10 Å². The minimum atomic E-state index is -0.398. The predicted octanol–water partition coefficient (Wildman–Crippen LogP) is 2.10. The number of amides is 1. The number of benzene rings is 1. The molecule has 0 radical (unpaired) electrons. The Morgan fingerprint density at radius 3 is 2.79 bits per heavy atom. The number of nitrogens with zero attached hydrogens (tertiary/aromatic N) is 1. The second-order valence-electron chi connectivity index (χ2n) is 4.74. The van der Waals surface area contributed by atoms with Crippen molar-refractivity contribution in [2.24, 2.45) is 11.7 Å². The summed E-state index contributed by atoms with van der Waals surface area (Å²) >= 11 is 11.9. The van der Waals surface area contributed by atoms with Crippen LogP contribution in [0, 0.1) is 5.92 Å². The summed E-state index contributed by atoms with van der Waals surface area (Å²) in [5.74, 6) is -0.769. The summed E-state index contributed by atoms with van der Waals surface area (Å²) in [5.41, 5.74) is 6.32. The number of hydrogen-bond acceptors (Lipinski definition) is 3. The molecular formula is C13H16Cl2N2O2. The Labute approximate surface area is 122 Å². The molecule has 2 N–H and O–H groups in total. The van der Waals surface area contributed by atoms with Crippen LogP contribution in [0.4, 0.5) is 0 Å². The number of halogens is 2. The van der Waals surface area contributed by atoms with Gasteiger partial charge in [-0.05, 0) is 24.7 Å². The molecule has 6 heteroatoms. The topological polar surface area (TPSA) is 55.6 Å². The standard InChI is InChI=1S/C13H16Cl2N2O2/c1-17-4-5-19-12(9(7-17)13(16)18)8-2-3-10(14)11(15)6-8/h2-3,6,9,12H,4-5,7H2,1H3,(H2,16,18)/t9-,12+/m1/s1. The van der Waals surface area contributed by atoms with Crippen molar-refractivity contribution in [1.29, 1.82) is 0 Å². The zero-order valence-electron chi connectivity index (χ0n) is 10.6. The van der Waals surface area contributed by atoms with Gasteiger partial charge in [-0.2, -0.15) is 0 Å². The van der Waals surface area contributed by atoms with Crippen LogP contribution in [0.25, 0.3) is 0 Å². The van der Waals surface area contributed by atoms with E-state index in [0.717, 1.165) is 12.1 Å². The average molecular weight is 303 g/mol. The second-order valence-corrected chi connectivity index (χ2v) is 5.55. The zero-order valence-corrected chi connectivity index (χ0v) is 12.1. The Kier molecular flexibility index (Phi) is 4.68. The van der Waals surface area contributed by atoms with E-state index in [1.54, 1.807) is 12.1 Å². The van der Waals surface area contributed by atoms with Gasteiger partial charge in [0.25, 0.3) is 0 Å². The maximum atomic E-state index is 11.6. The molecule has 0 saturated carbocycles. The number of likely N-dealkylation sites (N-methyl/N-ethyl adjacent to an activating group) is 1. The van der Waals surface area contributed by atoms with Crippen LogP contribution in [0.5, 0.6) is 0 Å². The normalized spacial score (nSPS) is 25.0. The van der Waals surface area contributed by atoms with Crippen LogP contribution in [0.15, 0.2) is 18.2 Å². The molecule has 1 amide bonds. The molecule has 4 nitrogen and oxygen atoms in total. The Morgan fingerprint density at radius 1 is 1.42 bits per heavy atom. The molecule has 1 saturated heterocycles. The van der Waals surface area contributed by atoms with Gasteiger partial charge in [-0.1, -0.05) is 29.3 Å². The fraction of sp³-hybridized carbons (Fsp3) is 0.462. The number of ether oxygens (including phenoxy) is 1. The quantitative estimate of drug-likeness (QED) is 0.910. The van der Waals surface area contributed by atoms with E-state index in [4.69, 9.17) is 33.7 Å². The van der Waals surface area contributed by atoms with Gasteiger partial charge < -0.3 is 15.4 Å². The van der Waals surface area contributed by atoms with Gasteiger partial charge in [0, 0.05) is 13.1 Å². The van der Waals surface area contributed by atoms with Gasteiger partial charge in [-0.15, -0.1) is 0 Å². The van der Waals surface area contributed by atoms with Gasteiger partial charge in [-0.25, -0.2) is 0 Å². The summed E-state index contributed by atoms with van der Waals surface area (Å²) in [5, 5.41) is 0.926. The van der Waals surface area contributed by atoms with Crippen LogP contribution < -0.4 is 5.73 Å². The molecule has 1 aromatic carbocycles. The molecule has 0 aliphatic carbocycles. The van der Waals surface area contributed by atoms with Gasteiger partial charge in [0.2, 0.25) is 5.91 Å². The van der Waals surface area contributed by atoms with E-state index in [2.05, 4.69) is 0 Å². The van der Waals surface area contributed by atoms with Crippen LogP contribution >= 0.6 is 23.2 Å². The van der Waals surface area contributed by atoms with E-state index >= 15 is 0 Å². The number of rotatable bonds is 2. The number of primary amides is 1. The van der Waals surface area contributed by atoms with E-state index in [1.807, 2.05) is 18.0 Å². The monoisotopic (exact) mass is 302 g/mol. The summed E-state index contributed by atoms with van der Waals surface area (Å²) in [4.78, 5) is 13.7. The molecule has 104 valence electrons. The average Bonchev–Trinajstić information content (AvgIpc) is 2.54. The third kappa shape index (κ3) is 3.39. The lowest BCUT2D eigenvalue weighted by Crippen LogP contribution is -2.36. The smallest absolute Gasteiger partial charge is 0.224 e. The fourth-order valence-corrected chi connectivity index (χ4v) is 2.54. The lowest BCUT2D eigenvalue weighted by molar-refractivity contribution is -0.126. The molecular weight excluding hydrogens is 287 g/mol. The molecule has 1 aliphatic heterocycles. The van der Waals surface area contributed by atoms with Crippen molar-refractivity contribution in [2.75, 3.05) is 26.7 Å². The molecule has 2 atom stereocenters. The van der Waals surface area contributed by atoms with Crippen LogP contribution in [-0.4, -0.2) is 37.6 Å². The third-order valence-electron chi connectivity index (χ3n) is 3.28. The molecule has 2 rings (SSSR count). The molecule has 0 spiro atoms. The Hall–Kier alpha value is -0.810. The van der Waals surface area contributed by atoms with Gasteiger partial charge >= 0.3 is 0 Å². The minimum Gasteiger partial charge on any atom is -0.371 e. The first-order chi connectivity index (χ1) is 8.99. The lowest BCUT2D eigenvalue weighted by Gasteiger charge is -2.24. The lowest BCUT2D eigenvalue weighted by atomic mass is 9.94. The maximum Gasteiger partial charge on any atom is 0.224 e. The summed E-state index contributed by atoms with van der Waals surface area (Å²) in [6, 6.07) is 5.26. The molecule has 1 aliphatic rings. The van der Waals surface area contributed by atoms with Crippen molar-refractivity contribution in [3.8, 4) is 0 Å². The molecule has 0 aromatic heterocycles. The van der Waals surface area contributed by atoms with Gasteiger partial charge in [0.15, 0.2) is 0 Å². The third-order valence-corrected chi connectivity index (χ3v) is 4.02. The Bertz CT molecular complexity index is 482. The SMILES string of the molecule is CN1CCO[C@@H](c2ccc(Cl)c(Cl)c2)[C@H](C(N)=O)C1. The molecule has 1 fully saturated rings. The number of carbonyl (C=O) groups is 1. The van der Waals surface area contributed by atoms with Gasteiger partial charge in [0.05, 0.1) is 28.7 Å². The van der Waals surface area contributed by atoms with E-state index in [0.29, 0.717) is 23.2 Å². The van der Waals surface area contributed by atoms with E-state index in [-0.39, 0.29) is 12.0 Å². The van der Waals surface area contributed by atoms with Crippen molar-refractivity contribution < 1.29 is 9.53 Å². The minimum absolute atomic E-state index is 0.371. The van der Waals surface area contributed by atoms with Crippen LogP contribution in [0.3, 0.4) is 0 Å². The van der Waals surface area contributed by atoms with Crippen molar-refractivity contribution in [3.63, 3.8) is 0 Å². The fourth-order valence-electron chi connectivity index (χ4n) is 2.23. The van der Waals surface area contributed by atoms with Gasteiger partial charge in [-0.3, -0.25) is 4.79 Å². The summed E-state index contributed by atoms with van der Waals surface area (Å²) in [6.07, 6.45) is -0.378. The number of hydrogen-bond donors (Lipinski definition) is 1. The zero-order chi connectivity index (χ0) is 14.0. The van der Waals surface area contributed by atoms with E-state index < -0.39 is 5.92 Å². The van der Waals surface area contributed by atoms with Crippen molar-refractivity contribution in [3.05, 3.63) is 33.8 Å². The molecule has 0 bridgehead atoms. The van der Waals surface area contributed by atoms with Crippen molar-refractivity contribution in [1.82, 2.24) is 4.90 Å². The highest BCUT2D eigenvalue weighted by atomic mass is 35.5. The first kappa shape index (κ1) is 14.6. The van der Waals surface area contributed by atoms with E-state index in [1.165, 1.54) is 0 Å². The highest BCUT2D eigenvalue weighted by molar-refractivity contribution is 6.42. The van der Waals surface area contributed by atoms with Crippen LogP contribution in [0.1, 0.15) is 11.7 Å². The first-order valence-electron chi connectivity index (χ1n) is 6.03. The highest BCUT2D eigenvalue weighted by Crippen LogP contribution is 2.32. The second kappa shape index (κ2) is 6.09. The molecule has 19 heavy (non-hydrogen) atoms. The molecule has 0 unspecified atom stereocenters. The predicted molar refractivity (Wildman–Crippen MR) is 75.3 cm³/mol. The molecule has 1 heterocycles. The van der Waals surface area contributed by atoms with Gasteiger partial charge in [0.1, 0.15) is 0 Å². The van der Waals surface area contributed by atoms with Crippen LogP contribution in [-0.2, 0) is 9.53 Å². The summed E-state index contributed by atoms with van der Waals surface area (Å²) < 4.78 is 5.78. The summed E-state index contributed by atoms with van der Waals surface area (Å²) in [7, 11) is 1.94. The van der Waals surface area contributed by atoms with Crippen LogP contribution in [0.2, 0.25) is 10.0 Å². The number of carbonyl (C=O) groups excluding carboxylic acids is 1. The maximum absolute atomic E-state index is 11.6. The largest absolute Gasteiger partial charge is 0.371 e.